The lowest BCUT2D eigenvalue weighted by Gasteiger charge is -2.02. The van der Waals surface area contributed by atoms with Crippen molar-refractivity contribution in [1.82, 2.24) is 0 Å². The van der Waals surface area contributed by atoms with Crippen LogP contribution in [0.1, 0.15) is 6.92 Å². The normalized spacial score (nSPS) is 17.9. The molecule has 3 heteroatoms. The minimum Gasteiger partial charge on any atom is -0.464 e. The second-order valence-corrected chi connectivity index (χ2v) is 3.05. The van der Waals surface area contributed by atoms with Crippen LogP contribution in [0.2, 0.25) is 0 Å². The van der Waals surface area contributed by atoms with Crippen LogP contribution in [0, 0.1) is 0 Å². The van der Waals surface area contributed by atoms with Crippen LogP contribution in [0.5, 0.6) is 0 Å². The van der Waals surface area contributed by atoms with Crippen molar-refractivity contribution in [3.8, 4) is 0 Å². The number of hydrogen-bond donors (Lipinski definition) is 0. The van der Waals surface area contributed by atoms with Gasteiger partial charge in [-0.15, -0.1) is 0 Å². The molecule has 0 N–H and O–H groups in total. The molecule has 0 fully saturated rings. The summed E-state index contributed by atoms with van der Waals surface area (Å²) in [5.74, 6) is -0.274. The summed E-state index contributed by atoms with van der Waals surface area (Å²) in [6.45, 7) is 2.19. The maximum absolute atomic E-state index is 11.4. The Morgan fingerprint density at radius 2 is 2.29 bits per heavy atom. The molecule has 1 heterocycles. The Bertz CT molecular complexity index is 429. The second kappa shape index (κ2) is 3.62. The molecule has 0 spiro atoms. The lowest BCUT2D eigenvalue weighted by molar-refractivity contribution is -0.142. The van der Waals surface area contributed by atoms with Gasteiger partial charge in [0.25, 0.3) is 0 Å². The molecule has 3 nitrogen and oxygen atoms in total. The van der Waals surface area contributed by atoms with E-state index in [4.69, 9.17) is 4.74 Å². The van der Waals surface area contributed by atoms with E-state index in [1.807, 2.05) is 30.3 Å². The highest BCUT2D eigenvalue weighted by Gasteiger charge is 2.18. The van der Waals surface area contributed by atoms with E-state index in [0.717, 1.165) is 10.6 Å². The molecule has 1 aliphatic heterocycles. The number of rotatable bonds is 2. The molecule has 0 amide bonds. The number of nitrogens with zero attached hydrogens (tertiary/aromatic N) is 1. The average Bonchev–Trinajstić information content (AvgIpc) is 2.61. The van der Waals surface area contributed by atoms with Crippen LogP contribution in [-0.4, -0.2) is 18.6 Å². The van der Waals surface area contributed by atoms with Crippen LogP contribution in [0.15, 0.2) is 29.3 Å². The Kier molecular flexibility index (Phi) is 2.31. The van der Waals surface area contributed by atoms with Gasteiger partial charge in [-0.3, -0.25) is 4.99 Å². The summed E-state index contributed by atoms with van der Waals surface area (Å²) in [7, 11) is 0. The first kappa shape index (κ1) is 8.94. The molecule has 72 valence electrons. The first-order chi connectivity index (χ1) is 6.81. The Balaban J connectivity index is 2.31. The van der Waals surface area contributed by atoms with Crippen LogP contribution in [0.25, 0.3) is 6.08 Å². The first-order valence-electron chi connectivity index (χ1n) is 4.62. The number of esters is 1. The van der Waals surface area contributed by atoms with Crippen molar-refractivity contribution in [2.45, 2.75) is 13.0 Å². The summed E-state index contributed by atoms with van der Waals surface area (Å²) < 4.78 is 4.89. The predicted octanol–water partition coefficient (Wildman–Crippen LogP) is 0.0320. The van der Waals surface area contributed by atoms with Crippen LogP contribution in [-0.2, 0) is 9.53 Å². The number of carbonyl (C=O) groups excluding carboxylic acids is 1. The summed E-state index contributed by atoms with van der Waals surface area (Å²) in [6.07, 6.45) is 1.83. The lowest BCUT2D eigenvalue weighted by Crippen LogP contribution is -2.19. The van der Waals surface area contributed by atoms with Gasteiger partial charge in [0.05, 0.1) is 12.0 Å². The Morgan fingerprint density at radius 1 is 1.50 bits per heavy atom. The Morgan fingerprint density at radius 3 is 3.00 bits per heavy atom. The van der Waals surface area contributed by atoms with E-state index in [0.29, 0.717) is 6.61 Å². The Hall–Kier alpha value is -1.64. The van der Waals surface area contributed by atoms with Crippen molar-refractivity contribution in [3.63, 3.8) is 0 Å². The third-order valence-corrected chi connectivity index (χ3v) is 2.08. The van der Waals surface area contributed by atoms with Crippen molar-refractivity contribution < 1.29 is 9.53 Å². The monoisotopic (exact) mass is 189 g/mol. The quantitative estimate of drug-likeness (QED) is 0.616. The molecule has 1 aromatic carbocycles. The van der Waals surface area contributed by atoms with E-state index in [9.17, 15) is 4.79 Å². The van der Waals surface area contributed by atoms with Crippen molar-refractivity contribution in [2.24, 2.45) is 4.99 Å². The highest BCUT2D eigenvalue weighted by molar-refractivity contribution is 5.83. The number of ether oxygens (including phenoxy) is 1. The molecule has 0 bridgehead atoms. The first-order valence-corrected chi connectivity index (χ1v) is 4.62. The number of carbonyl (C=O) groups is 1. The number of benzene rings is 1. The smallest absolute Gasteiger partial charge is 0.334 e. The van der Waals surface area contributed by atoms with Crippen LogP contribution < -0.4 is 10.6 Å². The minimum absolute atomic E-state index is 0.274. The van der Waals surface area contributed by atoms with E-state index >= 15 is 0 Å². The maximum atomic E-state index is 11.4. The van der Waals surface area contributed by atoms with Crippen LogP contribution in [0.3, 0.4) is 0 Å². The molecule has 0 radical (unpaired) electrons. The van der Waals surface area contributed by atoms with Gasteiger partial charge in [0.1, 0.15) is 0 Å². The molecule has 1 aliphatic rings. The summed E-state index contributed by atoms with van der Waals surface area (Å²) in [5.41, 5.74) is 0. The maximum Gasteiger partial charge on any atom is 0.334 e. The van der Waals surface area contributed by atoms with Gasteiger partial charge in [0.2, 0.25) is 0 Å². The van der Waals surface area contributed by atoms with Crippen molar-refractivity contribution in [2.75, 3.05) is 6.61 Å². The molecule has 1 aromatic rings. The average molecular weight is 189 g/mol. The topological polar surface area (TPSA) is 38.7 Å². The fourth-order valence-corrected chi connectivity index (χ4v) is 1.45. The van der Waals surface area contributed by atoms with E-state index in [1.165, 1.54) is 0 Å². The fraction of sp³-hybridized carbons (Fsp3) is 0.273. The molecule has 0 saturated carbocycles. The van der Waals surface area contributed by atoms with E-state index in [-0.39, 0.29) is 5.97 Å². The molecule has 0 saturated heterocycles. The molecular weight excluding hydrogens is 178 g/mol. The summed E-state index contributed by atoms with van der Waals surface area (Å²) in [4.78, 5) is 15.6. The van der Waals surface area contributed by atoms with Crippen LogP contribution in [0.4, 0.5) is 0 Å². The zero-order valence-electron chi connectivity index (χ0n) is 7.93. The molecule has 0 aliphatic carbocycles. The highest BCUT2D eigenvalue weighted by atomic mass is 16.5. The summed E-state index contributed by atoms with van der Waals surface area (Å²) in [6, 6.07) is 7.22. The van der Waals surface area contributed by atoms with E-state index in [2.05, 4.69) is 4.99 Å². The summed E-state index contributed by atoms with van der Waals surface area (Å²) >= 11 is 0. The fourth-order valence-electron chi connectivity index (χ4n) is 1.45. The molecule has 1 atom stereocenters. The zero-order chi connectivity index (χ0) is 9.97. The molecule has 2 rings (SSSR count). The van der Waals surface area contributed by atoms with Gasteiger partial charge in [-0.05, 0) is 24.3 Å². The van der Waals surface area contributed by atoms with Gasteiger partial charge in [-0.2, -0.15) is 0 Å². The highest BCUT2D eigenvalue weighted by Crippen LogP contribution is 1.99. The van der Waals surface area contributed by atoms with Gasteiger partial charge in [-0.1, -0.05) is 18.2 Å². The second-order valence-electron chi connectivity index (χ2n) is 3.05. The van der Waals surface area contributed by atoms with Crippen molar-refractivity contribution in [3.05, 3.63) is 34.8 Å². The van der Waals surface area contributed by atoms with E-state index < -0.39 is 6.04 Å². The molecular formula is C11H11NO2. The third kappa shape index (κ3) is 1.53. The SMILES string of the molecule is CCOC(=O)C1C=c2ccccc2=N1. The van der Waals surface area contributed by atoms with Crippen molar-refractivity contribution in [1.29, 1.82) is 0 Å². The van der Waals surface area contributed by atoms with Gasteiger partial charge >= 0.3 is 5.97 Å². The molecule has 0 aromatic heterocycles. The predicted molar refractivity (Wildman–Crippen MR) is 52.1 cm³/mol. The largest absolute Gasteiger partial charge is 0.464 e. The number of fused-ring (bicyclic) bond motifs is 1. The summed E-state index contributed by atoms with van der Waals surface area (Å²) in [5, 5.41) is 1.87. The van der Waals surface area contributed by atoms with Gasteiger partial charge in [0.15, 0.2) is 6.04 Å². The lowest BCUT2D eigenvalue weighted by atomic mass is 10.2. The molecule has 1 unspecified atom stereocenters. The standard InChI is InChI=1S/C11H11NO2/c1-2-14-11(13)10-7-8-5-3-4-6-9(8)12-10/h3-7,10H,2H2,1H3. The zero-order valence-corrected chi connectivity index (χ0v) is 7.93. The van der Waals surface area contributed by atoms with Crippen LogP contribution >= 0.6 is 0 Å². The Labute approximate surface area is 81.7 Å². The number of hydrogen-bond acceptors (Lipinski definition) is 3. The van der Waals surface area contributed by atoms with E-state index in [1.54, 1.807) is 6.92 Å². The van der Waals surface area contributed by atoms with Crippen molar-refractivity contribution >= 4 is 12.0 Å². The minimum atomic E-state index is -0.452. The number of para-hydroxylation sites is 1. The van der Waals surface area contributed by atoms with Gasteiger partial charge in [-0.25, -0.2) is 4.79 Å². The van der Waals surface area contributed by atoms with Gasteiger partial charge in [0, 0.05) is 0 Å². The van der Waals surface area contributed by atoms with Gasteiger partial charge < -0.3 is 4.74 Å². The third-order valence-electron chi connectivity index (χ3n) is 2.08. The molecule has 14 heavy (non-hydrogen) atoms.